The Kier molecular flexibility index (Phi) is 8.10. The molecule has 3 aromatic rings. The molecule has 0 spiro atoms. The highest BCUT2D eigenvalue weighted by molar-refractivity contribution is 9.10. The number of nitrogens with one attached hydrogen (secondary N) is 3. The molecule has 3 aromatic carbocycles. The molecule has 38 heavy (non-hydrogen) atoms. The Morgan fingerprint density at radius 2 is 1.37 bits per heavy atom. The van der Waals surface area contributed by atoms with E-state index >= 15 is 0 Å². The first kappa shape index (κ1) is 26.9. The number of carbonyl (C=O) groups is 3. The third-order valence-electron chi connectivity index (χ3n) is 5.32. The predicted molar refractivity (Wildman–Crippen MR) is 145 cm³/mol. The Labute approximate surface area is 225 Å². The van der Waals surface area contributed by atoms with Crippen molar-refractivity contribution in [3.63, 3.8) is 0 Å². The smallest absolute Gasteiger partial charge is 0.315 e. The zero-order valence-corrected chi connectivity index (χ0v) is 21.9. The fourth-order valence-corrected chi connectivity index (χ4v) is 4.62. The van der Waals surface area contributed by atoms with E-state index in [1.165, 1.54) is 36.4 Å². The Morgan fingerprint density at radius 3 is 1.97 bits per heavy atom. The molecular formula is C25H20BrN5O6S. The van der Waals surface area contributed by atoms with Gasteiger partial charge in [-0.2, -0.15) is 13.5 Å². The minimum atomic E-state index is -4.74. The number of halogens is 1. The summed E-state index contributed by atoms with van der Waals surface area (Å²) in [6.07, 6.45) is 0.253. The van der Waals surface area contributed by atoms with E-state index in [0.717, 1.165) is 10.0 Å². The molecule has 3 amide bonds. The molecule has 4 N–H and O–H groups in total. The second-order valence-electron chi connectivity index (χ2n) is 8.06. The van der Waals surface area contributed by atoms with Crippen LogP contribution in [0.5, 0.6) is 0 Å². The van der Waals surface area contributed by atoms with Crippen LogP contribution in [0.3, 0.4) is 0 Å². The first-order valence-corrected chi connectivity index (χ1v) is 13.3. The quantitative estimate of drug-likeness (QED) is 0.251. The minimum Gasteiger partial charge on any atom is -0.325 e. The topological polar surface area (TPSA) is 166 Å². The van der Waals surface area contributed by atoms with Crippen LogP contribution in [-0.2, 0) is 24.5 Å². The van der Waals surface area contributed by atoms with Gasteiger partial charge in [0, 0.05) is 15.8 Å². The number of hydrogen-bond donors (Lipinski definition) is 4. The van der Waals surface area contributed by atoms with Gasteiger partial charge >= 0.3 is 11.8 Å². The highest BCUT2D eigenvalue weighted by Gasteiger charge is 2.32. The summed E-state index contributed by atoms with van der Waals surface area (Å²) >= 11 is 3.36. The Morgan fingerprint density at radius 1 is 0.789 bits per heavy atom. The molecule has 0 aromatic heterocycles. The maximum Gasteiger partial charge on any atom is 0.315 e. The lowest BCUT2D eigenvalue weighted by Crippen LogP contribution is -2.39. The summed E-state index contributed by atoms with van der Waals surface area (Å²) in [7, 11) is -4.74. The molecule has 1 heterocycles. The SMILES string of the molecule is O=C(NC1=NN=C(c2ccc(Br)cc2)C1)C(=O)Nc1ccc(NC(=O)C(c2ccccc2)S(=O)(=O)O)cc1. The fourth-order valence-electron chi connectivity index (χ4n) is 3.53. The molecule has 194 valence electrons. The largest absolute Gasteiger partial charge is 0.325 e. The number of anilines is 2. The van der Waals surface area contributed by atoms with Gasteiger partial charge in [-0.1, -0.05) is 58.4 Å². The lowest BCUT2D eigenvalue weighted by Gasteiger charge is -2.15. The molecule has 1 aliphatic rings. The molecule has 0 aliphatic carbocycles. The molecule has 4 rings (SSSR count). The van der Waals surface area contributed by atoms with Crippen LogP contribution in [0.2, 0.25) is 0 Å². The van der Waals surface area contributed by atoms with Crippen LogP contribution in [0.4, 0.5) is 11.4 Å². The fraction of sp³-hybridized carbons (Fsp3) is 0.0800. The molecule has 1 atom stereocenters. The Hall–Kier alpha value is -4.20. The van der Waals surface area contributed by atoms with E-state index < -0.39 is 33.1 Å². The summed E-state index contributed by atoms with van der Waals surface area (Å²) in [6.45, 7) is 0. The van der Waals surface area contributed by atoms with Crippen LogP contribution in [0.1, 0.15) is 22.8 Å². The monoisotopic (exact) mass is 597 g/mol. The standard InChI is InChI=1S/C25H20BrN5O6S/c26-17-8-6-15(7-9-17)20-14-21(31-30-20)29-25(34)24(33)28-19-12-10-18(11-13-19)27-23(32)22(38(35,36)37)16-4-2-1-3-5-16/h1-13,22H,14H2,(H,27,32)(H,28,33)(H,29,31,34)(H,35,36,37). The van der Waals surface area contributed by atoms with Crippen molar-refractivity contribution < 1.29 is 27.4 Å². The van der Waals surface area contributed by atoms with Crippen LogP contribution < -0.4 is 16.0 Å². The van der Waals surface area contributed by atoms with Gasteiger partial charge in [-0.05, 0) is 47.5 Å². The molecule has 1 unspecified atom stereocenters. The van der Waals surface area contributed by atoms with Crippen molar-refractivity contribution in [2.24, 2.45) is 10.2 Å². The van der Waals surface area contributed by atoms with Gasteiger partial charge in [-0.15, -0.1) is 5.10 Å². The van der Waals surface area contributed by atoms with Gasteiger partial charge in [-0.25, -0.2) is 0 Å². The number of carbonyl (C=O) groups excluding carboxylic acids is 3. The van der Waals surface area contributed by atoms with Gasteiger partial charge in [0.15, 0.2) is 5.25 Å². The average Bonchev–Trinajstić information content (AvgIpc) is 3.34. The van der Waals surface area contributed by atoms with E-state index in [-0.39, 0.29) is 29.2 Å². The molecule has 0 saturated heterocycles. The van der Waals surface area contributed by atoms with E-state index in [1.807, 2.05) is 24.3 Å². The van der Waals surface area contributed by atoms with E-state index in [4.69, 9.17) is 0 Å². The van der Waals surface area contributed by atoms with Gasteiger partial charge in [-0.3, -0.25) is 18.9 Å². The van der Waals surface area contributed by atoms with E-state index in [9.17, 15) is 27.4 Å². The van der Waals surface area contributed by atoms with Gasteiger partial charge in [0.1, 0.15) is 5.84 Å². The van der Waals surface area contributed by atoms with Crippen LogP contribution in [0.15, 0.2) is 93.5 Å². The maximum atomic E-state index is 12.6. The minimum absolute atomic E-state index is 0.101. The summed E-state index contributed by atoms with van der Waals surface area (Å²) < 4.78 is 34.1. The summed E-state index contributed by atoms with van der Waals surface area (Å²) in [5, 5.41) is 13.4. The predicted octanol–water partition coefficient (Wildman–Crippen LogP) is 3.28. The first-order valence-electron chi connectivity index (χ1n) is 11.0. The van der Waals surface area contributed by atoms with Gasteiger partial charge < -0.3 is 16.0 Å². The van der Waals surface area contributed by atoms with Crippen molar-refractivity contribution >= 4 is 66.7 Å². The number of amidine groups is 1. The number of hydrogen-bond acceptors (Lipinski definition) is 7. The lowest BCUT2D eigenvalue weighted by atomic mass is 10.1. The second kappa shape index (κ2) is 11.5. The normalized spacial score (nSPS) is 13.6. The van der Waals surface area contributed by atoms with Crippen molar-refractivity contribution in [2.45, 2.75) is 11.7 Å². The summed E-state index contributed by atoms with van der Waals surface area (Å²) in [6, 6.07) is 20.6. The van der Waals surface area contributed by atoms with Gasteiger partial charge in [0.25, 0.3) is 10.1 Å². The zero-order chi connectivity index (χ0) is 27.3. The highest BCUT2D eigenvalue weighted by Crippen LogP contribution is 2.24. The van der Waals surface area contributed by atoms with Crippen LogP contribution >= 0.6 is 15.9 Å². The number of nitrogens with zero attached hydrogens (tertiary/aromatic N) is 2. The first-order chi connectivity index (χ1) is 18.1. The van der Waals surface area contributed by atoms with E-state index in [0.29, 0.717) is 5.71 Å². The molecule has 0 fully saturated rings. The van der Waals surface area contributed by atoms with Crippen LogP contribution in [0, 0.1) is 0 Å². The van der Waals surface area contributed by atoms with E-state index in [2.05, 4.69) is 42.1 Å². The summed E-state index contributed by atoms with van der Waals surface area (Å²) in [5.74, 6) is -2.62. The summed E-state index contributed by atoms with van der Waals surface area (Å²) in [4.78, 5) is 37.2. The second-order valence-corrected chi connectivity index (χ2v) is 10.5. The third kappa shape index (κ3) is 6.76. The van der Waals surface area contributed by atoms with Crippen molar-refractivity contribution in [3.05, 3.63) is 94.5 Å². The van der Waals surface area contributed by atoms with Crippen LogP contribution in [0.25, 0.3) is 0 Å². The van der Waals surface area contributed by atoms with Gasteiger partial charge in [0.2, 0.25) is 5.91 Å². The van der Waals surface area contributed by atoms with Crippen molar-refractivity contribution in [1.29, 1.82) is 0 Å². The molecule has 0 saturated carbocycles. The number of rotatable bonds is 6. The molecule has 11 nitrogen and oxygen atoms in total. The number of benzene rings is 3. The molecule has 0 bridgehead atoms. The molecule has 13 heteroatoms. The molecule has 0 radical (unpaired) electrons. The van der Waals surface area contributed by atoms with Crippen LogP contribution in [-0.4, -0.2) is 42.2 Å². The van der Waals surface area contributed by atoms with Gasteiger partial charge in [0.05, 0.1) is 12.1 Å². The zero-order valence-electron chi connectivity index (χ0n) is 19.5. The Bertz CT molecular complexity index is 1540. The average molecular weight is 598 g/mol. The van der Waals surface area contributed by atoms with Crippen molar-refractivity contribution in [3.8, 4) is 0 Å². The van der Waals surface area contributed by atoms with E-state index in [1.54, 1.807) is 18.2 Å². The third-order valence-corrected chi connectivity index (χ3v) is 6.93. The molecule has 1 aliphatic heterocycles. The molecular weight excluding hydrogens is 578 g/mol. The Balaban J connectivity index is 1.31. The maximum absolute atomic E-state index is 12.6. The van der Waals surface area contributed by atoms with Crippen molar-refractivity contribution in [1.82, 2.24) is 5.32 Å². The van der Waals surface area contributed by atoms with Crippen molar-refractivity contribution in [2.75, 3.05) is 10.6 Å². The summed E-state index contributed by atoms with van der Waals surface area (Å²) in [5.41, 5.74) is 2.04. The lowest BCUT2D eigenvalue weighted by molar-refractivity contribution is -0.135. The highest BCUT2D eigenvalue weighted by atomic mass is 79.9. The number of amides is 3.